The van der Waals surface area contributed by atoms with Crippen molar-refractivity contribution in [2.24, 2.45) is 0 Å². The van der Waals surface area contributed by atoms with Crippen LogP contribution in [0.2, 0.25) is 0 Å². The summed E-state index contributed by atoms with van der Waals surface area (Å²) >= 11 is 4.71. The summed E-state index contributed by atoms with van der Waals surface area (Å²) < 4.78 is 29.6. The minimum Gasteiger partial charge on any atom is -0.457 e. The maximum atomic E-state index is 12.7. The van der Waals surface area contributed by atoms with Crippen molar-refractivity contribution in [1.82, 2.24) is 58.7 Å². The Morgan fingerprint density at radius 1 is 0.476 bits per heavy atom. The number of carbonyl (C=O) groups is 3. The van der Waals surface area contributed by atoms with Crippen molar-refractivity contribution in [3.8, 4) is 51.6 Å². The van der Waals surface area contributed by atoms with E-state index < -0.39 is 10.8 Å². The van der Waals surface area contributed by atoms with E-state index in [-0.39, 0.29) is 23.8 Å². The fourth-order valence-corrected chi connectivity index (χ4v) is 13.1. The number of nitrogens with zero attached hydrogens (tertiary/aromatic N) is 11. The molecule has 3 fully saturated rings. The van der Waals surface area contributed by atoms with Gasteiger partial charge in [-0.05, 0) is 199 Å². The number of hydrogen-bond acceptors (Lipinski definition) is 17. The molecule has 7 N–H and O–H groups in total. The van der Waals surface area contributed by atoms with Crippen molar-refractivity contribution >= 4 is 79.4 Å². The average molecular weight is 1400 g/mol. The predicted octanol–water partition coefficient (Wildman–Crippen LogP) is 15.8. The van der Waals surface area contributed by atoms with Crippen LogP contribution in [0.1, 0.15) is 93.7 Å². The Morgan fingerprint density at radius 3 is 1.16 bits per heavy atom. The maximum absolute atomic E-state index is 12.7. The molecule has 103 heavy (non-hydrogen) atoms. The van der Waals surface area contributed by atoms with Gasteiger partial charge in [-0.25, -0.2) is 34.7 Å². The first-order valence-corrected chi connectivity index (χ1v) is 34.6. The lowest BCUT2D eigenvalue weighted by molar-refractivity contribution is -0.127. The molecule has 3 aliphatic rings. The number of carbonyl (C=O) groups excluding carboxylic acids is 3. The lowest BCUT2D eigenvalue weighted by atomic mass is 9.91. The molecule has 2 amide bonds. The highest BCUT2D eigenvalue weighted by Crippen LogP contribution is 2.40. The van der Waals surface area contributed by atoms with Crippen LogP contribution in [-0.4, -0.2) is 116 Å². The minimum absolute atomic E-state index is 0.0356. The summed E-state index contributed by atoms with van der Waals surface area (Å²) in [6, 6.07) is 52.8. The molecule has 22 nitrogen and oxygen atoms in total. The average Bonchev–Trinajstić information content (AvgIpc) is 1.63. The summed E-state index contributed by atoms with van der Waals surface area (Å²) in [4.78, 5) is 64.5. The second-order valence-electron chi connectivity index (χ2n) is 26.1. The van der Waals surface area contributed by atoms with E-state index in [1.54, 1.807) is 11.2 Å². The Hall–Kier alpha value is -11.9. The second kappa shape index (κ2) is 32.6. The number of likely N-dealkylation sites (tertiary alicyclic amines) is 2. The van der Waals surface area contributed by atoms with Gasteiger partial charge in [-0.15, -0.1) is 0 Å². The number of nitrogens with two attached hydrogens (primary N) is 3. The number of rotatable bonds is 14. The number of anilines is 3. The van der Waals surface area contributed by atoms with Crippen molar-refractivity contribution < 1.29 is 33.3 Å². The van der Waals surface area contributed by atoms with Crippen LogP contribution in [0.25, 0.3) is 50.2 Å². The van der Waals surface area contributed by atoms with Gasteiger partial charge in [0.2, 0.25) is 11.1 Å². The van der Waals surface area contributed by atoms with Crippen LogP contribution in [0.4, 0.5) is 22.2 Å². The molecule has 0 aliphatic carbocycles. The summed E-state index contributed by atoms with van der Waals surface area (Å²) in [6.07, 6.45) is 19.1. The quantitative estimate of drug-likeness (QED) is 0.0581. The zero-order valence-electron chi connectivity index (χ0n) is 57.7. The summed E-state index contributed by atoms with van der Waals surface area (Å²) in [7, 11) is 0. The number of nitrogens with one attached hydrogen (secondary N) is 1. The van der Waals surface area contributed by atoms with Gasteiger partial charge in [0.25, 0.3) is 0 Å². The molecular weight excluding hydrogens is 1320 g/mol. The van der Waals surface area contributed by atoms with Gasteiger partial charge in [0, 0.05) is 103 Å². The van der Waals surface area contributed by atoms with Gasteiger partial charge in [0.1, 0.15) is 75.6 Å². The molecule has 3 atom stereocenters. The number of piperidine rings is 3. The molecule has 3 aliphatic heterocycles. The zero-order chi connectivity index (χ0) is 72.0. The maximum Gasteiger partial charge on any atom is 0.410 e. The van der Waals surface area contributed by atoms with Crippen LogP contribution in [-0.2, 0) is 14.3 Å². The molecule has 12 aromatic rings. The summed E-state index contributed by atoms with van der Waals surface area (Å²) in [5, 5.41) is 2.98. The molecule has 15 rings (SSSR count). The molecule has 0 spiro atoms. The normalized spacial score (nSPS) is 15.8. The van der Waals surface area contributed by atoms with Crippen LogP contribution >= 0.6 is 11.6 Å². The molecule has 0 radical (unpaired) electrons. The number of para-hydroxylation sites is 3. The molecule has 3 saturated heterocycles. The fraction of sp³-hybridized carbons (Fsp3) is 0.237. The monoisotopic (exact) mass is 1400 g/mol. The molecule has 6 aromatic heterocycles. The van der Waals surface area contributed by atoms with Crippen molar-refractivity contribution in [1.29, 1.82) is 0 Å². The standard InChI is InChI=1S/C28H31N5O3.C26H25N5O2.C23H23N5O.C3H3ClO/c1-28(2,3)36-27(34)32-15-7-8-19(16-32)23-17-33(25-24(23)30-18-31-26(25)29)20-11-13-22(14-12-20)35-21-9-5-4-6-10-21;1-2-23(32)30-14-6-7-18(15-30)22-16-31(25-24(22)28-17-29-26(25)27)19-10-12-21(13-11-19)33-20-8-4-3-5-9-20;24-23-22-21(26-15-27-23)20(16-5-4-12-25-13-16)14-28(22)17-8-10-19(11-9-17)29-18-6-2-1-3-7-18;1-2-3(4)5/h4-6,9-14,17-19H,7-8,15-16H2,1-3H3,(H2,29,30,31);2-5,8-13,16-18H,1,6-7,14-15H2,(H2,27,28,29);1-3,6-11,14-16,25H,4-5,12-13H2,(H2,24,26,27);2H,1H2. The van der Waals surface area contributed by atoms with Crippen molar-refractivity contribution in [2.45, 2.75) is 82.7 Å². The Kier molecular flexibility index (Phi) is 22.5. The van der Waals surface area contributed by atoms with Crippen LogP contribution < -0.4 is 36.7 Å². The minimum atomic E-state index is -0.530. The third-order valence-electron chi connectivity index (χ3n) is 17.9. The van der Waals surface area contributed by atoms with Crippen LogP contribution in [0.5, 0.6) is 34.5 Å². The van der Waals surface area contributed by atoms with Crippen molar-refractivity contribution in [2.75, 3.05) is 56.5 Å². The second-order valence-corrected chi connectivity index (χ2v) is 26.5. The van der Waals surface area contributed by atoms with Gasteiger partial charge in [0.15, 0.2) is 17.5 Å². The molecule has 3 unspecified atom stereocenters. The molecule has 6 aromatic carbocycles. The first-order chi connectivity index (χ1) is 50.0. The highest BCUT2D eigenvalue weighted by atomic mass is 35.5. The number of nitrogen functional groups attached to an aromatic ring is 3. The summed E-state index contributed by atoms with van der Waals surface area (Å²) in [5.41, 5.74) is 29.5. The Bertz CT molecular complexity index is 4910. The lowest BCUT2D eigenvalue weighted by Crippen LogP contribution is -2.42. The van der Waals surface area contributed by atoms with Crippen molar-refractivity contribution in [3.05, 3.63) is 243 Å². The Labute approximate surface area is 602 Å². The number of halogens is 1. The van der Waals surface area contributed by atoms with E-state index in [1.165, 1.54) is 30.7 Å². The van der Waals surface area contributed by atoms with Gasteiger partial charge < -0.3 is 65.0 Å². The number of ether oxygens (including phenoxy) is 4. The number of aromatic nitrogens is 9. The number of amides is 2. The molecule has 0 saturated carbocycles. The summed E-state index contributed by atoms with van der Waals surface area (Å²) in [6.45, 7) is 17.0. The molecule has 23 heteroatoms. The lowest BCUT2D eigenvalue weighted by Gasteiger charge is -2.34. The summed E-state index contributed by atoms with van der Waals surface area (Å²) in [5.74, 6) is 6.67. The number of allylic oxidation sites excluding steroid dienone is 1. The van der Waals surface area contributed by atoms with E-state index in [0.29, 0.717) is 43.0 Å². The van der Waals surface area contributed by atoms with E-state index in [0.717, 1.165) is 154 Å². The molecular formula is C80H82ClN15O7. The number of hydrogen-bond donors (Lipinski definition) is 4. The van der Waals surface area contributed by atoms with E-state index in [2.05, 4.69) is 71.5 Å². The van der Waals surface area contributed by atoms with Gasteiger partial charge in [-0.1, -0.05) is 67.8 Å². The topological polar surface area (TPSA) is 277 Å². The van der Waals surface area contributed by atoms with Crippen LogP contribution in [0.15, 0.2) is 227 Å². The predicted molar refractivity (Wildman–Crippen MR) is 404 cm³/mol. The first kappa shape index (κ1) is 71.0. The van der Waals surface area contributed by atoms with Gasteiger partial charge in [-0.2, -0.15) is 0 Å². The van der Waals surface area contributed by atoms with Crippen molar-refractivity contribution in [3.63, 3.8) is 0 Å². The van der Waals surface area contributed by atoms with E-state index in [4.69, 9.17) is 47.7 Å². The molecule has 9 heterocycles. The largest absolute Gasteiger partial charge is 0.457 e. The van der Waals surface area contributed by atoms with E-state index >= 15 is 0 Å². The van der Waals surface area contributed by atoms with Crippen LogP contribution in [0, 0.1) is 0 Å². The third kappa shape index (κ3) is 17.3. The van der Waals surface area contributed by atoms with E-state index in [9.17, 15) is 14.4 Å². The number of benzene rings is 6. The zero-order valence-corrected chi connectivity index (χ0v) is 58.5. The smallest absolute Gasteiger partial charge is 0.410 e. The third-order valence-corrected chi connectivity index (χ3v) is 18.1. The van der Waals surface area contributed by atoms with Crippen LogP contribution in [0.3, 0.4) is 0 Å². The Morgan fingerprint density at radius 2 is 0.816 bits per heavy atom. The van der Waals surface area contributed by atoms with Gasteiger partial charge in [0.05, 0.1) is 16.6 Å². The first-order valence-electron chi connectivity index (χ1n) is 34.2. The Balaban J connectivity index is 0.000000141. The number of fused-ring (bicyclic) bond motifs is 3. The fourth-order valence-electron chi connectivity index (χ4n) is 13.1. The highest BCUT2D eigenvalue weighted by Gasteiger charge is 2.32. The molecule has 0 bridgehead atoms. The SMILES string of the molecule is C=CC(=O)Cl.C=CC(=O)N1CCCC(c2cn(-c3ccc(Oc4ccccc4)cc3)c3c(N)ncnc23)C1.CC(C)(C)OC(=O)N1CCCC(c2cn(-c3ccc(Oc4ccccc4)cc3)c3c(N)ncnc23)C1.Nc1ncnc2c(C3CCCNC3)cn(-c3ccc(Oc4ccccc4)cc3)c12. The van der Waals surface area contributed by atoms with Gasteiger partial charge in [-0.3, -0.25) is 9.59 Å². The highest BCUT2D eigenvalue weighted by molar-refractivity contribution is 6.66. The van der Waals surface area contributed by atoms with Gasteiger partial charge >= 0.3 is 6.09 Å². The molecule has 526 valence electrons. The van der Waals surface area contributed by atoms with E-state index in [1.807, 2.05) is 199 Å².